The summed E-state index contributed by atoms with van der Waals surface area (Å²) < 4.78 is 39.9. The Kier molecular flexibility index (Phi) is 3.63. The normalized spacial score (nSPS) is 18.7. The molecule has 2 fully saturated rings. The summed E-state index contributed by atoms with van der Waals surface area (Å²) in [4.78, 5) is 7.96. The summed E-state index contributed by atoms with van der Waals surface area (Å²) in [7, 11) is 0. The molecular weight excluding hydrogens is 293 g/mol. The number of hydrogen-bond acceptors (Lipinski definition) is 4. The van der Waals surface area contributed by atoms with Gasteiger partial charge in [-0.25, -0.2) is 4.98 Å². The second-order valence-corrected chi connectivity index (χ2v) is 5.86. The van der Waals surface area contributed by atoms with E-state index in [2.05, 4.69) is 11.9 Å². The molecule has 7 heteroatoms. The first-order valence-electron chi connectivity index (χ1n) is 7.46. The van der Waals surface area contributed by atoms with Gasteiger partial charge in [0.05, 0.1) is 5.56 Å². The van der Waals surface area contributed by atoms with E-state index in [9.17, 15) is 18.4 Å². The Labute approximate surface area is 127 Å². The van der Waals surface area contributed by atoms with E-state index in [1.807, 2.05) is 4.90 Å². The quantitative estimate of drug-likeness (QED) is 0.861. The van der Waals surface area contributed by atoms with E-state index in [1.165, 1.54) is 0 Å². The van der Waals surface area contributed by atoms with Crippen LogP contribution in [0.25, 0.3) is 0 Å². The molecule has 0 spiro atoms. The summed E-state index contributed by atoms with van der Waals surface area (Å²) in [6.07, 6.45) is -2.62. The highest BCUT2D eigenvalue weighted by atomic mass is 19.4. The molecule has 2 aliphatic heterocycles. The second kappa shape index (κ2) is 5.34. The van der Waals surface area contributed by atoms with Crippen molar-refractivity contribution in [3.8, 4) is 6.07 Å². The average Bonchev–Trinajstić information content (AvgIpc) is 2.34. The molecule has 118 valence electrons. The van der Waals surface area contributed by atoms with Crippen LogP contribution in [0.5, 0.6) is 0 Å². The van der Waals surface area contributed by atoms with Crippen LogP contribution in [0.3, 0.4) is 0 Å². The third-order valence-corrected chi connectivity index (χ3v) is 4.42. The number of nitriles is 1. The molecule has 0 aliphatic carbocycles. The highest BCUT2D eigenvalue weighted by Gasteiger charge is 2.39. The molecule has 0 radical (unpaired) electrons. The summed E-state index contributed by atoms with van der Waals surface area (Å²) in [5.74, 6) is 1.02. The van der Waals surface area contributed by atoms with Gasteiger partial charge in [0.2, 0.25) is 0 Å². The minimum atomic E-state index is -4.54. The van der Waals surface area contributed by atoms with Crippen LogP contribution in [0.15, 0.2) is 6.07 Å². The minimum Gasteiger partial charge on any atom is -0.356 e. The van der Waals surface area contributed by atoms with Crippen LogP contribution in [-0.2, 0) is 6.18 Å². The summed E-state index contributed by atoms with van der Waals surface area (Å²) in [6.45, 7) is 4.83. The number of anilines is 2. The lowest BCUT2D eigenvalue weighted by Gasteiger charge is -2.41. The van der Waals surface area contributed by atoms with Crippen molar-refractivity contribution in [2.75, 3.05) is 36.0 Å². The third-order valence-electron chi connectivity index (χ3n) is 4.42. The van der Waals surface area contributed by atoms with Gasteiger partial charge in [0.25, 0.3) is 0 Å². The van der Waals surface area contributed by atoms with E-state index in [0.717, 1.165) is 32.0 Å². The Hall–Kier alpha value is -1.97. The van der Waals surface area contributed by atoms with Crippen LogP contribution >= 0.6 is 0 Å². The molecule has 0 bridgehead atoms. The first-order chi connectivity index (χ1) is 10.4. The Morgan fingerprint density at radius 3 is 2.45 bits per heavy atom. The molecule has 0 saturated carbocycles. The molecule has 22 heavy (non-hydrogen) atoms. The maximum Gasteiger partial charge on any atom is 0.417 e. The molecule has 1 aromatic heterocycles. The third kappa shape index (κ3) is 2.47. The maximum atomic E-state index is 13.3. The van der Waals surface area contributed by atoms with Gasteiger partial charge < -0.3 is 9.80 Å². The molecule has 2 saturated heterocycles. The van der Waals surface area contributed by atoms with Crippen molar-refractivity contribution >= 4 is 11.6 Å². The zero-order chi connectivity index (χ0) is 15.9. The lowest BCUT2D eigenvalue weighted by molar-refractivity contribution is -0.137. The number of pyridine rings is 1. The van der Waals surface area contributed by atoms with E-state index in [1.54, 1.807) is 11.0 Å². The van der Waals surface area contributed by atoms with Crippen molar-refractivity contribution in [2.45, 2.75) is 25.9 Å². The molecule has 1 aromatic rings. The zero-order valence-corrected chi connectivity index (χ0v) is 12.3. The molecule has 0 aromatic carbocycles. The molecule has 4 nitrogen and oxygen atoms in total. The second-order valence-electron chi connectivity index (χ2n) is 5.86. The Balaban J connectivity index is 2.03. The molecule has 2 aliphatic rings. The predicted octanol–water partition coefficient (Wildman–Crippen LogP) is 3.03. The summed E-state index contributed by atoms with van der Waals surface area (Å²) in [5, 5.41) is 9.18. The molecular formula is C15H17F3N4. The molecule has 3 heterocycles. The highest BCUT2D eigenvalue weighted by molar-refractivity contribution is 5.65. The van der Waals surface area contributed by atoms with Crippen molar-refractivity contribution in [1.29, 1.82) is 5.26 Å². The van der Waals surface area contributed by atoms with Crippen LogP contribution in [0.1, 0.15) is 30.9 Å². The molecule has 0 N–H and O–H groups in total. The molecule has 0 unspecified atom stereocenters. The largest absolute Gasteiger partial charge is 0.417 e. The molecule has 0 amide bonds. The van der Waals surface area contributed by atoms with E-state index >= 15 is 0 Å². The molecule has 0 atom stereocenters. The lowest BCUT2D eigenvalue weighted by Crippen LogP contribution is -2.47. The van der Waals surface area contributed by atoms with Gasteiger partial charge in [-0.3, -0.25) is 0 Å². The number of nitrogens with zero attached hydrogens (tertiary/aromatic N) is 4. The SMILES string of the molecule is CCC1CN(c2cc(C(F)(F)F)c(C#N)c(N3CCC3)n2)C1. The van der Waals surface area contributed by atoms with Crippen molar-refractivity contribution < 1.29 is 13.2 Å². The van der Waals surface area contributed by atoms with Crippen molar-refractivity contribution in [2.24, 2.45) is 5.92 Å². The number of aromatic nitrogens is 1. The average molecular weight is 310 g/mol. The van der Waals surface area contributed by atoms with Crippen molar-refractivity contribution in [1.82, 2.24) is 4.98 Å². The van der Waals surface area contributed by atoms with Gasteiger partial charge in [0.15, 0.2) is 0 Å². The van der Waals surface area contributed by atoms with Gasteiger partial charge in [-0.1, -0.05) is 6.92 Å². The number of rotatable bonds is 3. The minimum absolute atomic E-state index is 0.179. The maximum absolute atomic E-state index is 13.3. The van der Waals surface area contributed by atoms with E-state index in [-0.39, 0.29) is 11.4 Å². The Bertz CT molecular complexity index is 610. The van der Waals surface area contributed by atoms with Crippen molar-refractivity contribution in [3.05, 3.63) is 17.2 Å². The first kappa shape index (κ1) is 14.9. The molecule has 3 rings (SSSR count). The van der Waals surface area contributed by atoms with Gasteiger partial charge in [0, 0.05) is 26.2 Å². The number of alkyl halides is 3. The highest BCUT2D eigenvalue weighted by Crippen LogP contribution is 2.39. The fourth-order valence-corrected chi connectivity index (χ4v) is 2.79. The van der Waals surface area contributed by atoms with Gasteiger partial charge in [-0.15, -0.1) is 0 Å². The predicted molar refractivity (Wildman–Crippen MR) is 76.8 cm³/mol. The fourth-order valence-electron chi connectivity index (χ4n) is 2.79. The lowest BCUT2D eigenvalue weighted by atomic mass is 9.97. The number of hydrogen-bond donors (Lipinski definition) is 0. The van der Waals surface area contributed by atoms with Crippen LogP contribution in [-0.4, -0.2) is 31.2 Å². The summed E-state index contributed by atoms with van der Waals surface area (Å²) in [5.41, 5.74) is -1.23. The first-order valence-corrected chi connectivity index (χ1v) is 7.46. The van der Waals surface area contributed by atoms with E-state index < -0.39 is 11.7 Å². The Morgan fingerprint density at radius 1 is 1.32 bits per heavy atom. The van der Waals surface area contributed by atoms with Crippen molar-refractivity contribution in [3.63, 3.8) is 0 Å². The topological polar surface area (TPSA) is 43.2 Å². The van der Waals surface area contributed by atoms with E-state index in [0.29, 0.717) is 24.8 Å². The fraction of sp³-hybridized carbons (Fsp3) is 0.600. The smallest absolute Gasteiger partial charge is 0.356 e. The Morgan fingerprint density at radius 2 is 2.00 bits per heavy atom. The monoisotopic (exact) mass is 310 g/mol. The van der Waals surface area contributed by atoms with Crippen LogP contribution in [0.2, 0.25) is 0 Å². The standard InChI is InChI=1S/C15H17F3N4/c1-2-10-8-22(9-10)13-6-12(15(16,17)18)11(7-19)14(20-13)21-4-3-5-21/h6,10H,2-5,8-9H2,1H3. The van der Waals surface area contributed by atoms with Gasteiger partial charge in [-0.05, 0) is 24.8 Å². The van der Waals surface area contributed by atoms with Crippen LogP contribution in [0.4, 0.5) is 24.8 Å². The van der Waals surface area contributed by atoms with Gasteiger partial charge >= 0.3 is 6.18 Å². The van der Waals surface area contributed by atoms with E-state index in [4.69, 9.17) is 0 Å². The number of halogens is 3. The zero-order valence-electron chi connectivity index (χ0n) is 12.3. The van der Waals surface area contributed by atoms with Crippen LogP contribution in [0, 0.1) is 17.2 Å². The van der Waals surface area contributed by atoms with Gasteiger partial charge in [-0.2, -0.15) is 18.4 Å². The van der Waals surface area contributed by atoms with Crippen LogP contribution < -0.4 is 9.80 Å². The summed E-state index contributed by atoms with van der Waals surface area (Å²) in [6, 6.07) is 2.72. The summed E-state index contributed by atoms with van der Waals surface area (Å²) >= 11 is 0. The van der Waals surface area contributed by atoms with Gasteiger partial charge in [0.1, 0.15) is 23.3 Å².